The summed E-state index contributed by atoms with van der Waals surface area (Å²) in [4.78, 5) is 53.2. The Labute approximate surface area is 209 Å². The van der Waals surface area contributed by atoms with Crippen molar-refractivity contribution in [2.75, 3.05) is 11.4 Å². The van der Waals surface area contributed by atoms with Crippen molar-refractivity contribution >= 4 is 40.5 Å². The van der Waals surface area contributed by atoms with E-state index in [-0.39, 0.29) is 24.1 Å². The number of nitrogens with zero attached hydrogens (tertiary/aromatic N) is 1. The van der Waals surface area contributed by atoms with Gasteiger partial charge in [0.2, 0.25) is 11.8 Å². The van der Waals surface area contributed by atoms with Crippen LogP contribution in [-0.4, -0.2) is 35.6 Å². The van der Waals surface area contributed by atoms with Crippen LogP contribution in [0.4, 0.5) is 5.69 Å². The number of anilines is 1. The Balaban J connectivity index is 2.02. The van der Waals surface area contributed by atoms with E-state index in [9.17, 15) is 19.2 Å². The van der Waals surface area contributed by atoms with Gasteiger partial charge >= 0.3 is 0 Å². The number of amides is 3. The summed E-state index contributed by atoms with van der Waals surface area (Å²) in [6.45, 7) is 6.74. The standard InChI is InChI=1S/C27H29N3O4S/c1-18(31)19-12-14-21(15-13-19)30(23(32)17-28-25(33)22-11-8-16-35-22)24(20-9-6-5-7-10-20)26(34)29-27(2,3)4/h5-16,24H,17H2,1-4H3,(H,28,33)(H,29,34). The Morgan fingerprint density at radius 2 is 1.57 bits per heavy atom. The Bertz CT molecular complexity index is 1180. The van der Waals surface area contributed by atoms with Crippen LogP contribution in [0.25, 0.3) is 0 Å². The molecule has 7 nitrogen and oxygen atoms in total. The highest BCUT2D eigenvalue weighted by Gasteiger charge is 2.34. The SMILES string of the molecule is CC(=O)c1ccc(N(C(=O)CNC(=O)c2cccs2)C(C(=O)NC(C)(C)C)c2ccccc2)cc1. The highest BCUT2D eigenvalue weighted by atomic mass is 32.1. The van der Waals surface area contributed by atoms with Crippen molar-refractivity contribution in [3.05, 3.63) is 88.1 Å². The fourth-order valence-electron chi connectivity index (χ4n) is 3.52. The van der Waals surface area contributed by atoms with E-state index in [1.165, 1.54) is 23.2 Å². The number of hydrogen-bond acceptors (Lipinski definition) is 5. The van der Waals surface area contributed by atoms with E-state index in [0.29, 0.717) is 21.7 Å². The third-order valence-corrected chi connectivity index (χ3v) is 5.95. The number of rotatable bonds is 8. The second-order valence-electron chi connectivity index (χ2n) is 9.08. The molecule has 2 aromatic carbocycles. The first-order valence-corrected chi connectivity index (χ1v) is 12.1. The Morgan fingerprint density at radius 3 is 2.11 bits per heavy atom. The number of carbonyl (C=O) groups excluding carboxylic acids is 4. The third-order valence-electron chi connectivity index (χ3n) is 5.09. The van der Waals surface area contributed by atoms with Crippen molar-refractivity contribution in [1.29, 1.82) is 0 Å². The van der Waals surface area contributed by atoms with Crippen LogP contribution in [0.15, 0.2) is 72.1 Å². The minimum absolute atomic E-state index is 0.109. The topological polar surface area (TPSA) is 95.6 Å². The van der Waals surface area contributed by atoms with Crippen molar-refractivity contribution in [3.8, 4) is 0 Å². The first-order valence-electron chi connectivity index (χ1n) is 11.2. The van der Waals surface area contributed by atoms with Crippen LogP contribution in [0.2, 0.25) is 0 Å². The predicted octanol–water partition coefficient (Wildman–Crippen LogP) is 4.37. The van der Waals surface area contributed by atoms with Crippen LogP contribution < -0.4 is 15.5 Å². The van der Waals surface area contributed by atoms with E-state index in [1.54, 1.807) is 66.0 Å². The van der Waals surface area contributed by atoms with Gasteiger partial charge in [-0.1, -0.05) is 36.4 Å². The van der Waals surface area contributed by atoms with E-state index < -0.39 is 17.5 Å². The second kappa shape index (κ2) is 11.1. The molecular formula is C27H29N3O4S. The molecule has 0 saturated heterocycles. The molecule has 3 amide bonds. The lowest BCUT2D eigenvalue weighted by Crippen LogP contribution is -2.51. The van der Waals surface area contributed by atoms with E-state index in [1.807, 2.05) is 26.8 Å². The lowest BCUT2D eigenvalue weighted by Gasteiger charge is -2.34. The number of hydrogen-bond donors (Lipinski definition) is 2. The molecule has 2 N–H and O–H groups in total. The molecule has 1 aromatic heterocycles. The quantitative estimate of drug-likeness (QED) is 0.458. The molecule has 182 valence electrons. The molecular weight excluding hydrogens is 462 g/mol. The van der Waals surface area contributed by atoms with Crippen LogP contribution in [0.3, 0.4) is 0 Å². The second-order valence-corrected chi connectivity index (χ2v) is 10.0. The maximum absolute atomic E-state index is 13.6. The van der Waals surface area contributed by atoms with Gasteiger partial charge in [0, 0.05) is 16.8 Å². The highest BCUT2D eigenvalue weighted by Crippen LogP contribution is 2.29. The minimum Gasteiger partial charge on any atom is -0.349 e. The summed E-state index contributed by atoms with van der Waals surface area (Å²) in [6.07, 6.45) is 0. The van der Waals surface area contributed by atoms with Gasteiger partial charge in [-0.05, 0) is 69.0 Å². The zero-order valence-electron chi connectivity index (χ0n) is 20.2. The van der Waals surface area contributed by atoms with Crippen LogP contribution >= 0.6 is 11.3 Å². The molecule has 3 aromatic rings. The van der Waals surface area contributed by atoms with Gasteiger partial charge in [-0.15, -0.1) is 11.3 Å². The van der Waals surface area contributed by atoms with Gasteiger partial charge in [0.25, 0.3) is 5.91 Å². The highest BCUT2D eigenvalue weighted by molar-refractivity contribution is 7.12. The van der Waals surface area contributed by atoms with Gasteiger partial charge in [-0.3, -0.25) is 24.1 Å². The molecule has 35 heavy (non-hydrogen) atoms. The molecule has 3 rings (SSSR count). The number of nitrogens with one attached hydrogen (secondary N) is 2. The lowest BCUT2D eigenvalue weighted by molar-refractivity contribution is -0.127. The fraction of sp³-hybridized carbons (Fsp3) is 0.259. The number of ketones is 1. The molecule has 0 aliphatic rings. The van der Waals surface area contributed by atoms with Crippen LogP contribution in [-0.2, 0) is 9.59 Å². The van der Waals surface area contributed by atoms with Crippen molar-refractivity contribution in [2.45, 2.75) is 39.3 Å². The van der Waals surface area contributed by atoms with Crippen molar-refractivity contribution in [3.63, 3.8) is 0 Å². The molecule has 1 atom stereocenters. The average molecular weight is 492 g/mol. The zero-order chi connectivity index (χ0) is 25.6. The molecule has 0 spiro atoms. The number of Topliss-reactive ketones (excluding diaryl/α,β-unsaturated/α-hetero) is 1. The molecule has 0 bridgehead atoms. The molecule has 1 heterocycles. The van der Waals surface area contributed by atoms with Gasteiger partial charge in [-0.25, -0.2) is 0 Å². The Morgan fingerprint density at radius 1 is 0.914 bits per heavy atom. The largest absolute Gasteiger partial charge is 0.349 e. The summed E-state index contributed by atoms with van der Waals surface area (Å²) >= 11 is 1.27. The zero-order valence-corrected chi connectivity index (χ0v) is 21.0. The van der Waals surface area contributed by atoms with Crippen molar-refractivity contribution in [2.24, 2.45) is 0 Å². The summed E-state index contributed by atoms with van der Waals surface area (Å²) in [5.74, 6) is -1.31. The van der Waals surface area contributed by atoms with Crippen LogP contribution in [0, 0.1) is 0 Å². The predicted molar refractivity (Wildman–Crippen MR) is 138 cm³/mol. The smallest absolute Gasteiger partial charge is 0.261 e. The summed E-state index contributed by atoms with van der Waals surface area (Å²) in [6, 6.07) is 17.9. The number of carbonyl (C=O) groups is 4. The van der Waals surface area contributed by atoms with Gasteiger partial charge in [0.05, 0.1) is 11.4 Å². The van der Waals surface area contributed by atoms with E-state index in [4.69, 9.17) is 0 Å². The minimum atomic E-state index is -0.996. The molecule has 1 unspecified atom stereocenters. The van der Waals surface area contributed by atoms with Gasteiger partial charge in [-0.2, -0.15) is 0 Å². The molecule has 8 heteroatoms. The average Bonchev–Trinajstić information content (AvgIpc) is 3.35. The molecule has 0 saturated carbocycles. The van der Waals surface area contributed by atoms with Gasteiger partial charge in [0.1, 0.15) is 6.04 Å². The van der Waals surface area contributed by atoms with Crippen molar-refractivity contribution in [1.82, 2.24) is 10.6 Å². The monoisotopic (exact) mass is 491 g/mol. The maximum Gasteiger partial charge on any atom is 0.261 e. The first-order chi connectivity index (χ1) is 16.6. The maximum atomic E-state index is 13.6. The normalized spacial score (nSPS) is 11.9. The fourth-order valence-corrected chi connectivity index (χ4v) is 4.16. The molecule has 0 aliphatic heterocycles. The molecule has 0 radical (unpaired) electrons. The van der Waals surface area contributed by atoms with E-state index >= 15 is 0 Å². The molecule has 0 aliphatic carbocycles. The number of benzene rings is 2. The summed E-state index contributed by atoms with van der Waals surface area (Å²) in [5, 5.41) is 7.40. The summed E-state index contributed by atoms with van der Waals surface area (Å²) < 4.78 is 0. The number of thiophene rings is 1. The van der Waals surface area contributed by atoms with Crippen LogP contribution in [0.1, 0.15) is 59.3 Å². The van der Waals surface area contributed by atoms with Gasteiger partial charge in [0.15, 0.2) is 5.78 Å². The summed E-state index contributed by atoms with van der Waals surface area (Å²) in [5.41, 5.74) is 0.999. The molecule has 0 fully saturated rings. The Hall–Kier alpha value is -3.78. The lowest BCUT2D eigenvalue weighted by atomic mass is 10.0. The first kappa shape index (κ1) is 25.8. The third kappa shape index (κ3) is 6.86. The van der Waals surface area contributed by atoms with E-state index in [2.05, 4.69) is 10.6 Å². The van der Waals surface area contributed by atoms with Crippen molar-refractivity contribution < 1.29 is 19.2 Å². The Kier molecular flexibility index (Phi) is 8.19. The van der Waals surface area contributed by atoms with E-state index in [0.717, 1.165) is 0 Å². The van der Waals surface area contributed by atoms with Crippen LogP contribution in [0.5, 0.6) is 0 Å². The van der Waals surface area contributed by atoms with Gasteiger partial charge < -0.3 is 10.6 Å². The summed E-state index contributed by atoms with van der Waals surface area (Å²) in [7, 11) is 0.